The number of unbranched alkanes of at least 4 members (excludes halogenated alkanes) is 1. The lowest BCUT2D eigenvalue weighted by Gasteiger charge is -2.12. The number of carboxylic acid groups (broad SMARTS) is 1. The van der Waals surface area contributed by atoms with Gasteiger partial charge in [-0.2, -0.15) is 0 Å². The van der Waals surface area contributed by atoms with Gasteiger partial charge in [-0.3, -0.25) is 0 Å². The van der Waals surface area contributed by atoms with Crippen molar-refractivity contribution in [1.29, 1.82) is 0 Å². The Balaban J connectivity index is 2.38. The summed E-state index contributed by atoms with van der Waals surface area (Å²) in [6.07, 6.45) is 11.8. The van der Waals surface area contributed by atoms with Gasteiger partial charge in [-0.1, -0.05) is 63.8 Å². The smallest absolute Gasteiger partial charge is 0.335 e. The largest absolute Gasteiger partial charge is 0.478 e. The van der Waals surface area contributed by atoms with Crippen molar-refractivity contribution in [3.05, 3.63) is 41.5 Å². The van der Waals surface area contributed by atoms with Crippen LogP contribution in [0.15, 0.2) is 30.3 Å². The summed E-state index contributed by atoms with van der Waals surface area (Å²) in [4.78, 5) is 10.7. The Bertz CT molecular complexity index is 418. The fourth-order valence-corrected chi connectivity index (χ4v) is 2.33. The summed E-state index contributed by atoms with van der Waals surface area (Å²) in [6, 6.07) is 7.01. The molecule has 1 aromatic rings. The van der Waals surface area contributed by atoms with Crippen molar-refractivity contribution in [2.45, 2.75) is 52.4 Å². The fraction of sp³-hybridized carbons (Fsp3) is 0.500. The first-order chi connectivity index (χ1) is 9.67. The Morgan fingerprint density at radius 2 is 1.90 bits per heavy atom. The predicted molar refractivity (Wildman–Crippen MR) is 85.0 cm³/mol. The van der Waals surface area contributed by atoms with Crippen molar-refractivity contribution >= 4 is 12.0 Å². The lowest BCUT2D eigenvalue weighted by molar-refractivity contribution is 0.0697. The summed E-state index contributed by atoms with van der Waals surface area (Å²) in [6.45, 7) is 4.52. The molecule has 0 aromatic heterocycles. The molecule has 0 saturated carbocycles. The molecule has 1 aromatic carbocycles. The van der Waals surface area contributed by atoms with Crippen molar-refractivity contribution in [3.8, 4) is 0 Å². The van der Waals surface area contributed by atoms with E-state index in [0.717, 1.165) is 17.9 Å². The molecule has 20 heavy (non-hydrogen) atoms. The molecule has 0 fully saturated rings. The third-order valence-corrected chi connectivity index (χ3v) is 3.75. The number of carboxylic acids is 1. The van der Waals surface area contributed by atoms with Gasteiger partial charge in [0.15, 0.2) is 0 Å². The minimum atomic E-state index is -0.873. The molecule has 0 heterocycles. The Labute approximate surface area is 122 Å². The highest BCUT2D eigenvalue weighted by Gasteiger charge is 2.04. The quantitative estimate of drug-likeness (QED) is 0.655. The van der Waals surface area contributed by atoms with Crippen molar-refractivity contribution in [2.75, 3.05) is 0 Å². The van der Waals surface area contributed by atoms with Crippen LogP contribution in [0.2, 0.25) is 0 Å². The molecule has 1 unspecified atom stereocenters. The molecule has 0 bridgehead atoms. The average molecular weight is 274 g/mol. The number of hydrogen-bond acceptors (Lipinski definition) is 1. The van der Waals surface area contributed by atoms with Crippen molar-refractivity contribution in [3.63, 3.8) is 0 Å². The summed E-state index contributed by atoms with van der Waals surface area (Å²) in [5.74, 6) is -0.0313. The highest BCUT2D eigenvalue weighted by Crippen LogP contribution is 2.19. The van der Waals surface area contributed by atoms with Crippen molar-refractivity contribution in [1.82, 2.24) is 0 Å². The van der Waals surface area contributed by atoms with E-state index in [-0.39, 0.29) is 0 Å². The molecule has 1 atom stereocenters. The maximum absolute atomic E-state index is 10.7. The maximum Gasteiger partial charge on any atom is 0.335 e. The SMILES string of the molecule is CCCCC(CC)CCC=Cc1ccc(C(=O)O)cc1. The molecule has 1 rings (SSSR count). The highest BCUT2D eigenvalue weighted by molar-refractivity contribution is 5.87. The van der Waals surface area contributed by atoms with Gasteiger partial charge in [0.2, 0.25) is 0 Å². The minimum Gasteiger partial charge on any atom is -0.478 e. The van der Waals surface area contributed by atoms with Crippen LogP contribution in [0.25, 0.3) is 6.08 Å². The Morgan fingerprint density at radius 1 is 1.20 bits per heavy atom. The summed E-state index contributed by atoms with van der Waals surface area (Å²) < 4.78 is 0. The van der Waals surface area contributed by atoms with Crippen LogP contribution >= 0.6 is 0 Å². The first-order valence-corrected chi connectivity index (χ1v) is 7.67. The van der Waals surface area contributed by atoms with E-state index in [0.29, 0.717) is 5.56 Å². The molecule has 110 valence electrons. The van der Waals surface area contributed by atoms with Crippen LogP contribution in [0.1, 0.15) is 68.3 Å². The van der Waals surface area contributed by atoms with E-state index in [1.165, 1.54) is 32.1 Å². The molecule has 1 N–H and O–H groups in total. The molecule has 0 saturated heterocycles. The molecule has 2 nitrogen and oxygen atoms in total. The second kappa shape index (κ2) is 9.35. The predicted octanol–water partition coefficient (Wildman–Crippen LogP) is 5.39. The first-order valence-electron chi connectivity index (χ1n) is 7.67. The van der Waals surface area contributed by atoms with Crippen LogP contribution in [-0.2, 0) is 0 Å². The van der Waals surface area contributed by atoms with Crippen LogP contribution in [0, 0.1) is 5.92 Å². The average Bonchev–Trinajstić information content (AvgIpc) is 2.47. The van der Waals surface area contributed by atoms with Gasteiger partial charge in [-0.15, -0.1) is 0 Å². The molecule has 2 heteroatoms. The second-order valence-corrected chi connectivity index (χ2v) is 5.32. The number of benzene rings is 1. The standard InChI is InChI=1S/C18H26O2/c1-3-5-8-15(4-2)9-6-7-10-16-11-13-17(14-12-16)18(19)20/h7,10-15H,3-6,8-9H2,1-2H3,(H,19,20). The van der Waals surface area contributed by atoms with Gasteiger partial charge in [0.25, 0.3) is 0 Å². The number of hydrogen-bond donors (Lipinski definition) is 1. The van der Waals surface area contributed by atoms with Gasteiger partial charge in [-0.05, 0) is 36.5 Å². The Hall–Kier alpha value is -1.57. The van der Waals surface area contributed by atoms with Crippen LogP contribution in [0.5, 0.6) is 0 Å². The zero-order chi connectivity index (χ0) is 14.8. The zero-order valence-electron chi connectivity index (χ0n) is 12.6. The Kier molecular flexibility index (Phi) is 7.71. The van der Waals surface area contributed by atoms with Crippen LogP contribution in [0.4, 0.5) is 0 Å². The summed E-state index contributed by atoms with van der Waals surface area (Å²) >= 11 is 0. The lowest BCUT2D eigenvalue weighted by atomic mass is 9.94. The van der Waals surface area contributed by atoms with E-state index in [1.807, 2.05) is 12.1 Å². The van der Waals surface area contributed by atoms with Crippen LogP contribution < -0.4 is 0 Å². The third kappa shape index (κ3) is 6.05. The Morgan fingerprint density at radius 3 is 2.45 bits per heavy atom. The summed E-state index contributed by atoms with van der Waals surface area (Å²) in [5, 5.41) is 8.83. The molecular weight excluding hydrogens is 248 g/mol. The van der Waals surface area contributed by atoms with Gasteiger partial charge in [0.1, 0.15) is 0 Å². The number of rotatable bonds is 9. The molecule has 0 amide bonds. The van der Waals surface area contributed by atoms with Gasteiger partial charge in [-0.25, -0.2) is 4.79 Å². The van der Waals surface area contributed by atoms with Gasteiger partial charge >= 0.3 is 5.97 Å². The van der Waals surface area contributed by atoms with Gasteiger partial charge in [0.05, 0.1) is 5.56 Å². The normalized spacial score (nSPS) is 12.7. The monoisotopic (exact) mass is 274 g/mol. The van der Waals surface area contributed by atoms with E-state index >= 15 is 0 Å². The van der Waals surface area contributed by atoms with Crippen molar-refractivity contribution in [2.24, 2.45) is 5.92 Å². The lowest BCUT2D eigenvalue weighted by Crippen LogP contribution is -1.97. The highest BCUT2D eigenvalue weighted by atomic mass is 16.4. The second-order valence-electron chi connectivity index (χ2n) is 5.32. The number of aromatic carboxylic acids is 1. The van der Waals surface area contributed by atoms with Crippen LogP contribution in [0.3, 0.4) is 0 Å². The van der Waals surface area contributed by atoms with E-state index in [2.05, 4.69) is 26.0 Å². The topological polar surface area (TPSA) is 37.3 Å². The fourth-order valence-electron chi connectivity index (χ4n) is 2.33. The molecule has 0 spiro atoms. The van der Waals surface area contributed by atoms with Crippen molar-refractivity contribution < 1.29 is 9.90 Å². The van der Waals surface area contributed by atoms with Crippen LogP contribution in [-0.4, -0.2) is 11.1 Å². The molecule has 0 aliphatic rings. The maximum atomic E-state index is 10.7. The molecule has 0 aliphatic heterocycles. The van der Waals surface area contributed by atoms with Gasteiger partial charge in [0, 0.05) is 0 Å². The summed E-state index contributed by atoms with van der Waals surface area (Å²) in [7, 11) is 0. The molecule has 0 radical (unpaired) electrons. The zero-order valence-corrected chi connectivity index (χ0v) is 12.6. The van der Waals surface area contributed by atoms with E-state index < -0.39 is 5.97 Å². The third-order valence-electron chi connectivity index (χ3n) is 3.75. The molecular formula is C18H26O2. The minimum absolute atomic E-state index is 0.341. The first kappa shape index (κ1) is 16.5. The van der Waals surface area contributed by atoms with Gasteiger partial charge < -0.3 is 5.11 Å². The number of allylic oxidation sites excluding steroid dienone is 1. The van der Waals surface area contributed by atoms with E-state index in [1.54, 1.807) is 12.1 Å². The van der Waals surface area contributed by atoms with E-state index in [4.69, 9.17) is 5.11 Å². The molecule has 0 aliphatic carbocycles. The number of carbonyl (C=O) groups is 1. The van der Waals surface area contributed by atoms with E-state index in [9.17, 15) is 4.79 Å². The summed E-state index contributed by atoms with van der Waals surface area (Å²) in [5.41, 5.74) is 1.41.